The number of hydrogen-bond acceptors (Lipinski definition) is 4. The Morgan fingerprint density at radius 3 is 2.65 bits per heavy atom. The lowest BCUT2D eigenvalue weighted by molar-refractivity contribution is -0.149. The average Bonchev–Trinajstić information content (AvgIpc) is 2.44. The highest BCUT2D eigenvalue weighted by Gasteiger charge is 2.35. The molecule has 1 unspecified atom stereocenters. The van der Waals surface area contributed by atoms with Crippen LogP contribution in [0, 0.1) is 5.82 Å². The summed E-state index contributed by atoms with van der Waals surface area (Å²) >= 11 is 0. The molecule has 1 N–H and O–H groups in total. The highest BCUT2D eigenvalue weighted by Crippen LogP contribution is 2.19. The van der Waals surface area contributed by atoms with E-state index in [1.165, 1.54) is 12.1 Å². The second kappa shape index (κ2) is 7.24. The van der Waals surface area contributed by atoms with Crippen LogP contribution in [-0.2, 0) is 9.53 Å². The normalized spacial score (nSPS) is 13.7. The Labute approximate surface area is 119 Å². The largest absolute Gasteiger partial charge is 0.465 e. The molecule has 0 bridgehead atoms. The Morgan fingerprint density at radius 1 is 1.45 bits per heavy atom. The predicted octanol–water partition coefficient (Wildman–Crippen LogP) is 2.19. The zero-order chi connectivity index (χ0) is 15.2. The number of nitrogens with one attached hydrogen (secondary N) is 1. The van der Waals surface area contributed by atoms with Crippen molar-refractivity contribution in [3.8, 4) is 0 Å². The van der Waals surface area contributed by atoms with Gasteiger partial charge in [0.2, 0.25) is 0 Å². The maximum atomic E-state index is 13.3. The SMILES string of the molecule is CCOC(=O)C(C)(CN(CC)c1cccc(F)c1)NC. The van der Waals surface area contributed by atoms with Crippen molar-refractivity contribution in [3.63, 3.8) is 0 Å². The summed E-state index contributed by atoms with van der Waals surface area (Å²) in [6, 6.07) is 6.35. The molecular formula is C15H23FN2O2. The molecule has 5 heteroatoms. The fourth-order valence-electron chi connectivity index (χ4n) is 1.98. The van der Waals surface area contributed by atoms with Crippen LogP contribution in [-0.4, -0.2) is 38.3 Å². The van der Waals surface area contributed by atoms with Crippen molar-refractivity contribution in [3.05, 3.63) is 30.1 Å². The van der Waals surface area contributed by atoms with Crippen molar-refractivity contribution in [1.29, 1.82) is 0 Å². The summed E-state index contributed by atoms with van der Waals surface area (Å²) in [6.45, 7) is 6.93. The first-order valence-corrected chi connectivity index (χ1v) is 6.83. The number of rotatable bonds is 7. The summed E-state index contributed by atoms with van der Waals surface area (Å²) in [5, 5.41) is 3.00. The maximum absolute atomic E-state index is 13.3. The Morgan fingerprint density at radius 2 is 2.15 bits per heavy atom. The molecule has 112 valence electrons. The molecule has 0 aromatic heterocycles. The molecule has 1 atom stereocenters. The standard InChI is InChI=1S/C15H23FN2O2/c1-5-18(13-9-7-8-12(16)10-13)11-15(3,17-4)14(19)20-6-2/h7-10,17H,5-6,11H2,1-4H3. The Hall–Kier alpha value is -1.62. The van der Waals surface area contributed by atoms with E-state index in [1.54, 1.807) is 27.0 Å². The zero-order valence-corrected chi connectivity index (χ0v) is 12.6. The average molecular weight is 282 g/mol. The van der Waals surface area contributed by atoms with Crippen LogP contribution < -0.4 is 10.2 Å². The minimum absolute atomic E-state index is 0.289. The molecule has 1 aromatic carbocycles. The molecule has 0 amide bonds. The Bertz CT molecular complexity index is 453. The molecule has 0 fully saturated rings. The minimum Gasteiger partial charge on any atom is -0.465 e. The number of halogens is 1. The molecule has 0 aliphatic rings. The summed E-state index contributed by atoms with van der Waals surface area (Å²) in [5.74, 6) is -0.597. The van der Waals surface area contributed by atoms with Crippen LogP contribution in [0.5, 0.6) is 0 Å². The van der Waals surface area contributed by atoms with Gasteiger partial charge < -0.3 is 15.0 Å². The third-order valence-corrected chi connectivity index (χ3v) is 3.34. The molecule has 0 aliphatic carbocycles. The van der Waals surface area contributed by atoms with Crippen molar-refractivity contribution in [1.82, 2.24) is 5.32 Å². The molecule has 0 saturated heterocycles. The van der Waals surface area contributed by atoms with Crippen LogP contribution in [0.2, 0.25) is 0 Å². The van der Waals surface area contributed by atoms with Crippen LogP contribution in [0.15, 0.2) is 24.3 Å². The minimum atomic E-state index is -0.835. The third-order valence-electron chi connectivity index (χ3n) is 3.34. The van der Waals surface area contributed by atoms with Gasteiger partial charge >= 0.3 is 5.97 Å². The summed E-state index contributed by atoms with van der Waals surface area (Å²) < 4.78 is 18.4. The van der Waals surface area contributed by atoms with Gasteiger partial charge in [-0.3, -0.25) is 0 Å². The second-order valence-corrected chi connectivity index (χ2v) is 4.80. The lowest BCUT2D eigenvalue weighted by Gasteiger charge is -2.34. The zero-order valence-electron chi connectivity index (χ0n) is 12.6. The van der Waals surface area contributed by atoms with Gasteiger partial charge in [-0.15, -0.1) is 0 Å². The quantitative estimate of drug-likeness (QED) is 0.778. The van der Waals surface area contributed by atoms with E-state index in [0.717, 1.165) is 5.69 Å². The number of esters is 1. The van der Waals surface area contributed by atoms with Gasteiger partial charge in [0.25, 0.3) is 0 Å². The van der Waals surface area contributed by atoms with E-state index in [2.05, 4.69) is 5.32 Å². The number of likely N-dealkylation sites (N-methyl/N-ethyl adjacent to an activating group) is 2. The van der Waals surface area contributed by atoms with E-state index in [-0.39, 0.29) is 11.8 Å². The first-order valence-electron chi connectivity index (χ1n) is 6.83. The van der Waals surface area contributed by atoms with Gasteiger partial charge in [-0.2, -0.15) is 0 Å². The molecular weight excluding hydrogens is 259 g/mol. The van der Waals surface area contributed by atoms with Crippen molar-refractivity contribution >= 4 is 11.7 Å². The van der Waals surface area contributed by atoms with E-state index < -0.39 is 5.54 Å². The first-order chi connectivity index (χ1) is 9.46. The second-order valence-electron chi connectivity index (χ2n) is 4.80. The molecule has 1 aromatic rings. The van der Waals surface area contributed by atoms with E-state index in [0.29, 0.717) is 19.7 Å². The van der Waals surface area contributed by atoms with E-state index >= 15 is 0 Å². The van der Waals surface area contributed by atoms with Crippen molar-refractivity contribution in [2.45, 2.75) is 26.3 Å². The number of carbonyl (C=O) groups is 1. The van der Waals surface area contributed by atoms with Crippen LogP contribution >= 0.6 is 0 Å². The monoisotopic (exact) mass is 282 g/mol. The van der Waals surface area contributed by atoms with Gasteiger partial charge in [0.15, 0.2) is 0 Å². The number of nitrogens with zero attached hydrogens (tertiary/aromatic N) is 1. The highest BCUT2D eigenvalue weighted by molar-refractivity contribution is 5.81. The molecule has 0 saturated carbocycles. The summed E-state index contributed by atoms with van der Waals surface area (Å²) in [7, 11) is 1.72. The van der Waals surface area contributed by atoms with Crippen molar-refractivity contribution in [2.24, 2.45) is 0 Å². The topological polar surface area (TPSA) is 41.6 Å². The molecule has 20 heavy (non-hydrogen) atoms. The molecule has 1 rings (SSSR count). The summed E-state index contributed by atoms with van der Waals surface area (Å²) in [4.78, 5) is 14.0. The molecule has 0 radical (unpaired) electrons. The van der Waals surface area contributed by atoms with E-state index in [4.69, 9.17) is 4.74 Å². The molecule has 0 aliphatic heterocycles. The predicted molar refractivity (Wildman–Crippen MR) is 78.4 cm³/mol. The lowest BCUT2D eigenvalue weighted by Crippen LogP contribution is -2.56. The first kappa shape index (κ1) is 16.4. The van der Waals surface area contributed by atoms with Crippen LogP contribution in [0.3, 0.4) is 0 Å². The Kier molecular flexibility index (Phi) is 5.95. The van der Waals surface area contributed by atoms with Crippen molar-refractivity contribution < 1.29 is 13.9 Å². The van der Waals surface area contributed by atoms with E-state index in [1.807, 2.05) is 17.9 Å². The number of benzene rings is 1. The number of ether oxygens (including phenoxy) is 1. The molecule has 0 spiro atoms. The number of carbonyl (C=O) groups excluding carboxylic acids is 1. The fraction of sp³-hybridized carbons (Fsp3) is 0.533. The maximum Gasteiger partial charge on any atom is 0.327 e. The lowest BCUT2D eigenvalue weighted by atomic mass is 10.0. The van der Waals surface area contributed by atoms with Crippen molar-refractivity contribution in [2.75, 3.05) is 31.6 Å². The Balaban J connectivity index is 2.93. The number of hydrogen-bond donors (Lipinski definition) is 1. The number of anilines is 1. The summed E-state index contributed by atoms with van der Waals surface area (Å²) in [6.07, 6.45) is 0. The highest BCUT2D eigenvalue weighted by atomic mass is 19.1. The van der Waals surface area contributed by atoms with Gasteiger partial charge in [0.1, 0.15) is 11.4 Å². The van der Waals surface area contributed by atoms with Gasteiger partial charge in [-0.05, 0) is 46.0 Å². The third kappa shape index (κ3) is 3.93. The summed E-state index contributed by atoms with van der Waals surface area (Å²) in [5.41, 5.74) is -0.0866. The van der Waals surface area contributed by atoms with E-state index in [9.17, 15) is 9.18 Å². The van der Waals surface area contributed by atoms with Gasteiger partial charge in [-0.1, -0.05) is 6.07 Å². The molecule has 4 nitrogen and oxygen atoms in total. The van der Waals surface area contributed by atoms with Gasteiger partial charge in [-0.25, -0.2) is 9.18 Å². The van der Waals surface area contributed by atoms with Gasteiger partial charge in [0, 0.05) is 18.8 Å². The van der Waals surface area contributed by atoms with Crippen LogP contribution in [0.4, 0.5) is 10.1 Å². The smallest absolute Gasteiger partial charge is 0.327 e. The van der Waals surface area contributed by atoms with Crippen LogP contribution in [0.25, 0.3) is 0 Å². The fourth-order valence-corrected chi connectivity index (χ4v) is 1.98. The van der Waals surface area contributed by atoms with Crippen LogP contribution in [0.1, 0.15) is 20.8 Å². The molecule has 0 heterocycles. The van der Waals surface area contributed by atoms with Gasteiger partial charge in [0.05, 0.1) is 6.61 Å².